The average molecular weight is 94.2 g/mol. The Bertz CT molecular complexity index is 23.0. The van der Waals surface area contributed by atoms with Crippen LogP contribution in [0.4, 0.5) is 0 Å². The van der Waals surface area contributed by atoms with E-state index in [1.165, 1.54) is 0 Å². The first-order chi connectivity index (χ1) is 2.00. The summed E-state index contributed by atoms with van der Waals surface area (Å²) < 4.78 is -0.389. The third-order valence-electron chi connectivity index (χ3n) is 0. The van der Waals surface area contributed by atoms with E-state index in [0.29, 0.717) is 0 Å². The van der Waals surface area contributed by atoms with Crippen molar-refractivity contribution in [3.63, 3.8) is 0 Å². The number of hydrogen-bond donors (Lipinski definition) is 0. The van der Waals surface area contributed by atoms with Gasteiger partial charge < -0.3 is 12.4 Å². The molecule has 0 spiro atoms. The molecule has 0 heterocycles. The molecule has 6 heteroatoms. The molecule has 0 nitrogen and oxygen atoms in total. The first-order valence-electron chi connectivity index (χ1n) is 1.79. The molecule has 0 atom stereocenters. The van der Waals surface area contributed by atoms with Crippen molar-refractivity contribution in [1.82, 2.24) is 0 Å². The van der Waals surface area contributed by atoms with Gasteiger partial charge in [-0.1, -0.05) is 0 Å². The second kappa shape index (κ2) is 4.94. The van der Waals surface area contributed by atoms with E-state index in [0.717, 1.165) is 0 Å². The van der Waals surface area contributed by atoms with E-state index in [2.05, 4.69) is 69.0 Å². The first kappa shape index (κ1) is 11.9. The number of hydrogen-bond acceptors (Lipinski definition) is 0. The SMILES string of the molecule is [Cl-].[Li][P+]([Li])([Li])[Li]. The minimum absolute atomic E-state index is 0. The zero-order chi connectivity index (χ0) is 4.50. The van der Waals surface area contributed by atoms with Crippen molar-refractivity contribution in [1.29, 1.82) is 0 Å². The molecular weight excluding hydrogens is 94.2 g/mol. The van der Waals surface area contributed by atoms with Crippen molar-refractivity contribution in [2.45, 2.75) is 0 Å². The summed E-state index contributed by atoms with van der Waals surface area (Å²) >= 11 is 9.19. The van der Waals surface area contributed by atoms with Crippen molar-refractivity contribution >= 4 is 69.9 Å². The van der Waals surface area contributed by atoms with Gasteiger partial charge in [0.05, 0.1) is 0 Å². The summed E-state index contributed by atoms with van der Waals surface area (Å²) in [5.74, 6) is 0. The van der Waals surface area contributed by atoms with Crippen LogP contribution in [0.1, 0.15) is 0 Å². The molecule has 0 rings (SSSR count). The zero-order valence-corrected chi connectivity index (χ0v) is 6.48. The van der Waals surface area contributed by atoms with Crippen molar-refractivity contribution in [2.75, 3.05) is 0 Å². The fourth-order valence-electron chi connectivity index (χ4n) is 0. The second-order valence-electron chi connectivity index (χ2n) is 2.68. The van der Waals surface area contributed by atoms with Crippen molar-refractivity contribution in [2.24, 2.45) is 0 Å². The quantitative estimate of drug-likeness (QED) is 0.214. The van der Waals surface area contributed by atoms with Gasteiger partial charge in [-0.15, -0.1) is 0 Å². The van der Waals surface area contributed by atoms with Gasteiger partial charge >= 0.3 is 69.9 Å². The Balaban J connectivity index is 0. The normalized spacial score (nSPS) is 10.7. The van der Waals surface area contributed by atoms with E-state index in [9.17, 15) is 0 Å². The van der Waals surface area contributed by atoms with E-state index >= 15 is 0 Å². The Kier molecular flexibility index (Phi) is 9.76. The molecule has 0 fully saturated rings. The van der Waals surface area contributed by atoms with Crippen LogP contribution in [0.3, 0.4) is 0 Å². The van der Waals surface area contributed by atoms with Gasteiger partial charge in [-0.3, -0.25) is 0 Å². The first-order valence-corrected chi connectivity index (χ1v) is 5.37. The molecule has 0 aromatic carbocycles. The molecule has 0 amide bonds. The molecule has 16 valence electrons. The molecular formula is ClLi4P. The summed E-state index contributed by atoms with van der Waals surface area (Å²) in [5, 5.41) is 0. The molecule has 6 heavy (non-hydrogen) atoms. The summed E-state index contributed by atoms with van der Waals surface area (Å²) in [6.45, 7) is 0. The fourth-order valence-corrected chi connectivity index (χ4v) is 0. The molecule has 0 aliphatic carbocycles. The molecule has 0 bridgehead atoms. The zero-order valence-electron chi connectivity index (χ0n) is 4.83. The minimum atomic E-state index is -0.389. The molecule has 0 aliphatic rings. The Hall–Kier alpha value is 3.11. The average Bonchev–Trinajstić information content (AvgIpc) is 0.722. The molecule has 0 aliphatic heterocycles. The summed E-state index contributed by atoms with van der Waals surface area (Å²) in [4.78, 5) is 0. The van der Waals surface area contributed by atoms with Gasteiger partial charge in [0.15, 0.2) is 0 Å². The van der Waals surface area contributed by atoms with Gasteiger partial charge in [0.1, 0.15) is 0 Å². The van der Waals surface area contributed by atoms with E-state index in [-0.39, 0.29) is 13.4 Å². The third kappa shape index (κ3) is 27.4. The Morgan fingerprint density at radius 1 is 0.833 bits per heavy atom. The maximum absolute atomic E-state index is 2.30. The monoisotopic (exact) mass is 94.0 g/mol. The van der Waals surface area contributed by atoms with Crippen molar-refractivity contribution in [3.8, 4) is 0 Å². The van der Waals surface area contributed by atoms with Crippen LogP contribution in [-0.2, 0) is 0 Å². The van der Waals surface area contributed by atoms with E-state index in [1.54, 1.807) is 0 Å². The summed E-state index contributed by atoms with van der Waals surface area (Å²) in [6, 6.07) is 0. The van der Waals surface area contributed by atoms with E-state index in [4.69, 9.17) is 0 Å². The van der Waals surface area contributed by atoms with Crippen molar-refractivity contribution < 1.29 is 12.4 Å². The maximum atomic E-state index is 2.30. The Labute approximate surface area is 81.1 Å². The summed E-state index contributed by atoms with van der Waals surface area (Å²) in [6.07, 6.45) is 0. The molecule has 0 N–H and O–H groups in total. The van der Waals surface area contributed by atoms with Gasteiger partial charge in [0, 0.05) is 0 Å². The van der Waals surface area contributed by atoms with Crippen LogP contribution in [0.15, 0.2) is 0 Å². The molecule has 0 unspecified atom stereocenters. The van der Waals surface area contributed by atoms with Gasteiger partial charge in [-0.25, -0.2) is 0 Å². The van der Waals surface area contributed by atoms with Gasteiger partial charge in [0.2, 0.25) is 0 Å². The van der Waals surface area contributed by atoms with Gasteiger partial charge in [-0.2, -0.15) is 0 Å². The van der Waals surface area contributed by atoms with Crippen LogP contribution in [0.5, 0.6) is 0 Å². The number of halogens is 1. The van der Waals surface area contributed by atoms with E-state index in [1.807, 2.05) is 0 Å². The van der Waals surface area contributed by atoms with Crippen LogP contribution >= 0.6 is 0.960 Å². The molecule has 0 radical (unpaired) electrons. The predicted molar refractivity (Wildman–Crippen MR) is 29.9 cm³/mol. The van der Waals surface area contributed by atoms with Crippen LogP contribution in [0.2, 0.25) is 0 Å². The second-order valence-corrected chi connectivity index (χ2v) is 8.05. The fraction of sp³-hybridized carbons (Fsp3) is 0. The topological polar surface area (TPSA) is 0 Å². The molecule has 0 saturated carbocycles. The Morgan fingerprint density at radius 3 is 0.833 bits per heavy atom. The van der Waals surface area contributed by atoms with Gasteiger partial charge in [-0.05, 0) is 0 Å². The van der Waals surface area contributed by atoms with Crippen molar-refractivity contribution in [3.05, 3.63) is 0 Å². The predicted octanol–water partition coefficient (Wildman–Crippen LogP) is -3.66. The van der Waals surface area contributed by atoms with E-state index < -0.39 is 0 Å². The summed E-state index contributed by atoms with van der Waals surface area (Å²) in [5.41, 5.74) is 0. The third-order valence-corrected chi connectivity index (χ3v) is 0. The standard InChI is InChI=1S/ClH.4Li.P/h1H;;;;;/q;;;;;+1/p-1. The van der Waals surface area contributed by atoms with Crippen LogP contribution in [0.25, 0.3) is 0 Å². The van der Waals surface area contributed by atoms with Crippen LogP contribution in [0, 0.1) is 0 Å². The molecule has 0 saturated heterocycles. The van der Waals surface area contributed by atoms with Crippen LogP contribution < -0.4 is 12.4 Å². The molecule has 0 aromatic rings. The Morgan fingerprint density at radius 2 is 0.833 bits per heavy atom. The van der Waals surface area contributed by atoms with Crippen LogP contribution in [-0.4, -0.2) is 69.0 Å². The number of rotatable bonds is 0. The molecule has 0 aromatic heterocycles. The van der Waals surface area contributed by atoms with Gasteiger partial charge in [0.25, 0.3) is 0 Å². The summed E-state index contributed by atoms with van der Waals surface area (Å²) in [7, 11) is 0.